The molecule has 0 aromatic heterocycles. The Hall–Kier alpha value is -1.52. The lowest BCUT2D eigenvalue weighted by Crippen LogP contribution is -2.46. The van der Waals surface area contributed by atoms with Crippen molar-refractivity contribution in [2.45, 2.75) is 25.3 Å². The molecule has 1 aliphatic rings. The van der Waals surface area contributed by atoms with Crippen LogP contribution in [0.2, 0.25) is 0 Å². The first-order chi connectivity index (χ1) is 11.2. The van der Waals surface area contributed by atoms with Gasteiger partial charge >= 0.3 is 0 Å². The van der Waals surface area contributed by atoms with Crippen LogP contribution in [0.25, 0.3) is 0 Å². The van der Waals surface area contributed by atoms with Gasteiger partial charge in [-0.25, -0.2) is 0 Å². The van der Waals surface area contributed by atoms with Crippen molar-refractivity contribution in [3.63, 3.8) is 0 Å². The zero-order chi connectivity index (χ0) is 16.7. The van der Waals surface area contributed by atoms with Crippen molar-refractivity contribution in [1.29, 1.82) is 0 Å². The standard InChI is InChI=1S/C19H30N2O2/c1-5-11-21-12-6-7-17(15-21)20(2)13-10-16-8-9-18(22-3)19(14-16)23-4/h5,8-9,14,17H,1,6-7,10-13,15H2,2-4H3/t17-/m1/s1. The van der Waals surface area contributed by atoms with Crippen LogP contribution in [0.5, 0.6) is 11.5 Å². The summed E-state index contributed by atoms with van der Waals surface area (Å²) in [5.74, 6) is 1.60. The molecule has 1 fully saturated rings. The van der Waals surface area contributed by atoms with Gasteiger partial charge in [-0.2, -0.15) is 0 Å². The number of hydrogen-bond donors (Lipinski definition) is 0. The second-order valence-corrected chi connectivity index (χ2v) is 6.26. The Kier molecular flexibility index (Phi) is 6.93. The molecule has 4 heteroatoms. The molecule has 0 N–H and O–H groups in total. The summed E-state index contributed by atoms with van der Waals surface area (Å²) in [5, 5.41) is 0. The lowest BCUT2D eigenvalue weighted by Gasteiger charge is -2.37. The third-order valence-electron chi connectivity index (χ3n) is 4.69. The monoisotopic (exact) mass is 318 g/mol. The number of likely N-dealkylation sites (N-methyl/N-ethyl adjacent to an activating group) is 1. The minimum Gasteiger partial charge on any atom is -0.493 e. The molecule has 2 rings (SSSR count). The van der Waals surface area contributed by atoms with Gasteiger partial charge < -0.3 is 14.4 Å². The van der Waals surface area contributed by atoms with Crippen molar-refractivity contribution in [2.24, 2.45) is 0 Å². The minimum atomic E-state index is 0.642. The van der Waals surface area contributed by atoms with E-state index in [0.29, 0.717) is 6.04 Å². The summed E-state index contributed by atoms with van der Waals surface area (Å²) in [5.41, 5.74) is 1.29. The van der Waals surface area contributed by atoms with E-state index >= 15 is 0 Å². The van der Waals surface area contributed by atoms with Crippen LogP contribution in [0.3, 0.4) is 0 Å². The first-order valence-corrected chi connectivity index (χ1v) is 8.42. The Labute approximate surface area is 140 Å². The van der Waals surface area contributed by atoms with Gasteiger partial charge in [0.15, 0.2) is 11.5 Å². The van der Waals surface area contributed by atoms with Crippen LogP contribution in [-0.4, -0.2) is 63.3 Å². The third kappa shape index (κ3) is 4.98. The first kappa shape index (κ1) is 17.8. The van der Waals surface area contributed by atoms with Gasteiger partial charge in [-0.1, -0.05) is 12.1 Å². The molecule has 0 amide bonds. The molecule has 4 nitrogen and oxygen atoms in total. The highest BCUT2D eigenvalue weighted by atomic mass is 16.5. The number of hydrogen-bond acceptors (Lipinski definition) is 4. The molecular weight excluding hydrogens is 288 g/mol. The zero-order valence-corrected chi connectivity index (χ0v) is 14.8. The quantitative estimate of drug-likeness (QED) is 0.688. The molecule has 1 aromatic carbocycles. The molecule has 23 heavy (non-hydrogen) atoms. The number of benzene rings is 1. The molecule has 128 valence electrons. The van der Waals surface area contributed by atoms with Crippen LogP contribution < -0.4 is 9.47 Å². The Morgan fingerprint density at radius 1 is 1.30 bits per heavy atom. The van der Waals surface area contributed by atoms with E-state index in [4.69, 9.17) is 9.47 Å². The molecule has 1 saturated heterocycles. The summed E-state index contributed by atoms with van der Waals surface area (Å²) in [6, 6.07) is 6.84. The number of nitrogens with zero attached hydrogens (tertiary/aromatic N) is 2. The summed E-state index contributed by atoms with van der Waals surface area (Å²) in [4.78, 5) is 4.99. The SMILES string of the molecule is C=CCN1CCC[C@@H](N(C)CCc2ccc(OC)c(OC)c2)C1. The number of rotatable bonds is 8. The van der Waals surface area contributed by atoms with Crippen molar-refractivity contribution >= 4 is 0 Å². The van der Waals surface area contributed by atoms with E-state index in [1.165, 1.54) is 24.9 Å². The molecule has 0 saturated carbocycles. The van der Waals surface area contributed by atoms with Crippen LogP contribution in [0.1, 0.15) is 18.4 Å². The second kappa shape index (κ2) is 8.94. The van der Waals surface area contributed by atoms with Crippen LogP contribution in [-0.2, 0) is 6.42 Å². The lowest BCUT2D eigenvalue weighted by molar-refractivity contribution is 0.126. The maximum atomic E-state index is 5.39. The van der Waals surface area contributed by atoms with Crippen LogP contribution in [0.4, 0.5) is 0 Å². The molecule has 0 spiro atoms. The van der Waals surface area contributed by atoms with E-state index in [9.17, 15) is 0 Å². The van der Waals surface area contributed by atoms with Gasteiger partial charge in [0.2, 0.25) is 0 Å². The summed E-state index contributed by atoms with van der Waals surface area (Å²) in [7, 11) is 5.59. The highest BCUT2D eigenvalue weighted by Crippen LogP contribution is 2.27. The van der Waals surface area contributed by atoms with E-state index in [1.807, 2.05) is 12.1 Å². The van der Waals surface area contributed by atoms with E-state index < -0.39 is 0 Å². The molecule has 0 aliphatic carbocycles. The molecular formula is C19H30N2O2. The normalized spacial score (nSPS) is 18.9. The van der Waals surface area contributed by atoms with E-state index in [-0.39, 0.29) is 0 Å². The summed E-state index contributed by atoms with van der Waals surface area (Å²) >= 11 is 0. The van der Waals surface area contributed by atoms with Crippen molar-refractivity contribution in [3.8, 4) is 11.5 Å². The van der Waals surface area contributed by atoms with Gasteiger partial charge in [0.05, 0.1) is 14.2 Å². The number of methoxy groups -OCH3 is 2. The van der Waals surface area contributed by atoms with Gasteiger partial charge in [-0.05, 0) is 50.6 Å². The smallest absolute Gasteiger partial charge is 0.160 e. The van der Waals surface area contributed by atoms with Gasteiger partial charge in [0, 0.05) is 25.7 Å². The molecule has 1 aliphatic heterocycles. The number of likely N-dealkylation sites (tertiary alicyclic amines) is 1. The maximum absolute atomic E-state index is 5.39. The summed E-state index contributed by atoms with van der Waals surface area (Å²) < 4.78 is 10.7. The fraction of sp³-hybridized carbons (Fsp3) is 0.579. The molecule has 0 bridgehead atoms. The topological polar surface area (TPSA) is 24.9 Å². The highest BCUT2D eigenvalue weighted by Gasteiger charge is 2.22. The van der Waals surface area contributed by atoms with Gasteiger partial charge in [-0.3, -0.25) is 4.90 Å². The van der Waals surface area contributed by atoms with Crippen molar-refractivity contribution < 1.29 is 9.47 Å². The predicted molar refractivity (Wildman–Crippen MR) is 95.5 cm³/mol. The van der Waals surface area contributed by atoms with Crippen LogP contribution >= 0.6 is 0 Å². The Bertz CT molecular complexity index is 504. The second-order valence-electron chi connectivity index (χ2n) is 6.26. The van der Waals surface area contributed by atoms with Crippen LogP contribution in [0, 0.1) is 0 Å². The summed E-state index contributed by atoms with van der Waals surface area (Å²) in [6.07, 6.45) is 5.59. The Morgan fingerprint density at radius 2 is 2.09 bits per heavy atom. The fourth-order valence-electron chi connectivity index (χ4n) is 3.26. The largest absolute Gasteiger partial charge is 0.493 e. The molecule has 1 aromatic rings. The van der Waals surface area contributed by atoms with Crippen molar-refractivity contribution in [1.82, 2.24) is 9.80 Å². The summed E-state index contributed by atoms with van der Waals surface area (Å²) in [6.45, 7) is 8.26. The zero-order valence-electron chi connectivity index (χ0n) is 14.8. The van der Waals surface area contributed by atoms with E-state index in [1.54, 1.807) is 14.2 Å². The third-order valence-corrected chi connectivity index (χ3v) is 4.69. The van der Waals surface area contributed by atoms with Crippen molar-refractivity contribution in [2.75, 3.05) is 47.4 Å². The van der Waals surface area contributed by atoms with Gasteiger partial charge in [-0.15, -0.1) is 6.58 Å². The molecule has 0 radical (unpaired) electrons. The molecule has 1 atom stereocenters. The number of piperidine rings is 1. The fourth-order valence-corrected chi connectivity index (χ4v) is 3.26. The maximum Gasteiger partial charge on any atom is 0.160 e. The Balaban J connectivity index is 1.88. The van der Waals surface area contributed by atoms with Crippen molar-refractivity contribution in [3.05, 3.63) is 36.4 Å². The predicted octanol–water partition coefficient (Wildman–Crippen LogP) is 2.83. The molecule has 0 unspecified atom stereocenters. The lowest BCUT2D eigenvalue weighted by atomic mass is 10.0. The minimum absolute atomic E-state index is 0.642. The average molecular weight is 318 g/mol. The highest BCUT2D eigenvalue weighted by molar-refractivity contribution is 5.42. The number of ether oxygens (including phenoxy) is 2. The Morgan fingerprint density at radius 3 is 2.78 bits per heavy atom. The van der Waals surface area contributed by atoms with Crippen LogP contribution in [0.15, 0.2) is 30.9 Å². The first-order valence-electron chi connectivity index (χ1n) is 8.42. The van der Waals surface area contributed by atoms with E-state index in [0.717, 1.165) is 37.6 Å². The van der Waals surface area contributed by atoms with E-state index in [2.05, 4.69) is 35.6 Å². The average Bonchev–Trinajstić information content (AvgIpc) is 2.59. The molecule has 1 heterocycles. The van der Waals surface area contributed by atoms with Gasteiger partial charge in [0.25, 0.3) is 0 Å². The van der Waals surface area contributed by atoms with Gasteiger partial charge in [0.1, 0.15) is 0 Å².